The lowest BCUT2D eigenvalue weighted by molar-refractivity contribution is -0.147. The van der Waals surface area contributed by atoms with Gasteiger partial charge in [-0.25, -0.2) is 0 Å². The highest BCUT2D eigenvalue weighted by Crippen LogP contribution is 2.39. The normalized spacial score (nSPS) is 29.9. The molecule has 0 unspecified atom stereocenters. The van der Waals surface area contributed by atoms with Gasteiger partial charge in [-0.15, -0.1) is 0 Å². The Hall–Kier alpha value is -0.620. The van der Waals surface area contributed by atoms with E-state index < -0.39 is 10.1 Å². The monoisotopic (exact) mass is 264 g/mol. The van der Waals surface area contributed by atoms with Crippen LogP contribution >= 0.6 is 0 Å². The van der Waals surface area contributed by atoms with Gasteiger partial charge in [0.15, 0.2) is 0 Å². The minimum atomic E-state index is -3.39. The molecule has 0 saturated heterocycles. The van der Waals surface area contributed by atoms with Crippen molar-refractivity contribution in [2.24, 2.45) is 11.3 Å². The van der Waals surface area contributed by atoms with Crippen molar-refractivity contribution in [2.45, 2.75) is 32.6 Å². The van der Waals surface area contributed by atoms with E-state index in [2.05, 4.69) is 0 Å². The summed E-state index contributed by atoms with van der Waals surface area (Å²) in [7, 11) is -2.00. The molecular formula is C11H20O5S. The smallest absolute Gasteiger partial charge is 0.308 e. The van der Waals surface area contributed by atoms with Gasteiger partial charge in [-0.3, -0.25) is 8.98 Å². The van der Waals surface area contributed by atoms with Gasteiger partial charge in [0.2, 0.25) is 0 Å². The van der Waals surface area contributed by atoms with Crippen LogP contribution in [0.5, 0.6) is 0 Å². The van der Waals surface area contributed by atoms with Crippen molar-refractivity contribution < 1.29 is 22.1 Å². The van der Waals surface area contributed by atoms with Gasteiger partial charge in [0.1, 0.15) is 0 Å². The molecule has 0 heterocycles. The molecular weight excluding hydrogens is 244 g/mol. The Morgan fingerprint density at radius 3 is 2.29 bits per heavy atom. The van der Waals surface area contributed by atoms with E-state index in [9.17, 15) is 13.2 Å². The molecule has 0 spiro atoms. The number of rotatable bonds is 4. The first-order valence-electron chi connectivity index (χ1n) is 5.68. The fraction of sp³-hybridized carbons (Fsp3) is 0.909. The van der Waals surface area contributed by atoms with Gasteiger partial charge in [0.25, 0.3) is 10.1 Å². The van der Waals surface area contributed by atoms with E-state index in [-0.39, 0.29) is 23.9 Å². The average molecular weight is 264 g/mol. The second-order valence-corrected chi connectivity index (χ2v) is 6.72. The minimum absolute atomic E-state index is 0.0497. The molecule has 0 aromatic carbocycles. The molecule has 5 nitrogen and oxygen atoms in total. The lowest BCUT2D eigenvalue weighted by Gasteiger charge is -2.35. The summed E-state index contributed by atoms with van der Waals surface area (Å²) in [4.78, 5) is 11.3. The van der Waals surface area contributed by atoms with Crippen molar-refractivity contribution in [2.75, 3.05) is 20.0 Å². The molecule has 1 saturated carbocycles. The summed E-state index contributed by atoms with van der Waals surface area (Å²) in [5.41, 5.74) is -0.159. The number of carbonyl (C=O) groups excluding carboxylic acids is 1. The highest BCUT2D eigenvalue weighted by Gasteiger charge is 2.35. The maximum Gasteiger partial charge on any atom is 0.308 e. The van der Waals surface area contributed by atoms with E-state index in [1.807, 2.05) is 6.92 Å². The van der Waals surface area contributed by atoms with E-state index in [0.717, 1.165) is 31.9 Å². The first-order chi connectivity index (χ1) is 7.76. The SMILES string of the molecule is COC(=O)C1CCC(C)(COS(C)(=O)=O)CC1. The maximum atomic E-state index is 11.3. The molecule has 0 N–H and O–H groups in total. The van der Waals surface area contributed by atoms with Crippen LogP contribution in [0.15, 0.2) is 0 Å². The first-order valence-corrected chi connectivity index (χ1v) is 7.50. The van der Waals surface area contributed by atoms with Crippen LogP contribution in [0, 0.1) is 11.3 Å². The summed E-state index contributed by atoms with van der Waals surface area (Å²) in [5.74, 6) is -0.220. The van der Waals surface area contributed by atoms with Crippen LogP contribution in [0.2, 0.25) is 0 Å². The zero-order chi connectivity index (χ0) is 13.1. The average Bonchev–Trinajstić information content (AvgIpc) is 2.26. The Kier molecular flexibility index (Phi) is 4.55. The van der Waals surface area contributed by atoms with E-state index >= 15 is 0 Å². The molecule has 1 aliphatic rings. The quantitative estimate of drug-likeness (QED) is 0.566. The summed E-state index contributed by atoms with van der Waals surface area (Å²) in [6.45, 7) is 2.19. The Morgan fingerprint density at radius 1 is 1.35 bits per heavy atom. The third-order valence-electron chi connectivity index (χ3n) is 3.35. The van der Waals surface area contributed by atoms with Crippen LogP contribution in [0.25, 0.3) is 0 Å². The Labute approximate surface area is 103 Å². The minimum Gasteiger partial charge on any atom is -0.469 e. The van der Waals surface area contributed by atoms with Gasteiger partial charge in [-0.2, -0.15) is 8.42 Å². The number of esters is 1. The zero-order valence-corrected chi connectivity index (χ0v) is 11.4. The molecule has 0 amide bonds. The summed E-state index contributed by atoms with van der Waals surface area (Å²) < 4.78 is 31.4. The van der Waals surface area contributed by atoms with Crippen molar-refractivity contribution in [3.63, 3.8) is 0 Å². The van der Waals surface area contributed by atoms with Gasteiger partial charge in [0, 0.05) is 0 Å². The van der Waals surface area contributed by atoms with E-state index in [1.165, 1.54) is 7.11 Å². The number of hydrogen-bond acceptors (Lipinski definition) is 5. The van der Waals surface area contributed by atoms with Crippen molar-refractivity contribution in [1.82, 2.24) is 0 Å². The van der Waals surface area contributed by atoms with Crippen LogP contribution in [-0.4, -0.2) is 34.4 Å². The van der Waals surface area contributed by atoms with E-state index in [1.54, 1.807) is 0 Å². The number of hydrogen-bond donors (Lipinski definition) is 0. The third kappa shape index (κ3) is 4.63. The molecule has 6 heteroatoms. The molecule has 0 aromatic rings. The van der Waals surface area contributed by atoms with Crippen LogP contribution < -0.4 is 0 Å². The van der Waals surface area contributed by atoms with Gasteiger partial charge < -0.3 is 4.74 Å². The van der Waals surface area contributed by atoms with Crippen LogP contribution in [0.3, 0.4) is 0 Å². The Morgan fingerprint density at radius 2 is 1.88 bits per heavy atom. The van der Waals surface area contributed by atoms with E-state index in [0.29, 0.717) is 0 Å². The predicted molar refractivity (Wildman–Crippen MR) is 62.9 cm³/mol. The molecule has 0 aromatic heterocycles. The molecule has 1 aliphatic carbocycles. The lowest BCUT2D eigenvalue weighted by Crippen LogP contribution is -2.33. The highest BCUT2D eigenvalue weighted by molar-refractivity contribution is 7.85. The predicted octanol–water partition coefficient (Wildman–Crippen LogP) is 1.33. The fourth-order valence-electron chi connectivity index (χ4n) is 2.11. The second-order valence-electron chi connectivity index (χ2n) is 5.07. The van der Waals surface area contributed by atoms with Gasteiger partial charge in [0.05, 0.1) is 25.9 Å². The zero-order valence-electron chi connectivity index (χ0n) is 10.6. The standard InChI is InChI=1S/C11H20O5S/c1-11(8-16-17(3,13)14)6-4-9(5-7-11)10(12)15-2/h9H,4-8H2,1-3H3. The Bertz CT molecular complexity index is 365. The maximum absolute atomic E-state index is 11.3. The van der Waals surface area contributed by atoms with Crippen LogP contribution in [-0.2, 0) is 23.8 Å². The van der Waals surface area contributed by atoms with Crippen LogP contribution in [0.1, 0.15) is 32.6 Å². The first kappa shape index (κ1) is 14.4. The summed E-state index contributed by atoms with van der Waals surface area (Å²) in [6, 6.07) is 0. The van der Waals surface area contributed by atoms with Crippen molar-refractivity contribution in [1.29, 1.82) is 0 Å². The fourth-order valence-corrected chi connectivity index (χ4v) is 2.61. The highest BCUT2D eigenvalue weighted by atomic mass is 32.2. The van der Waals surface area contributed by atoms with Gasteiger partial charge in [-0.05, 0) is 31.1 Å². The molecule has 17 heavy (non-hydrogen) atoms. The Balaban J connectivity index is 2.47. The summed E-state index contributed by atoms with van der Waals surface area (Å²) in [5, 5.41) is 0. The lowest BCUT2D eigenvalue weighted by atomic mass is 9.72. The number of ether oxygens (including phenoxy) is 1. The molecule has 100 valence electrons. The topological polar surface area (TPSA) is 69.7 Å². The largest absolute Gasteiger partial charge is 0.469 e. The summed E-state index contributed by atoms with van der Waals surface area (Å²) in [6.07, 6.45) is 4.08. The molecule has 1 fully saturated rings. The van der Waals surface area contributed by atoms with Crippen molar-refractivity contribution in [3.8, 4) is 0 Å². The summed E-state index contributed by atoms with van der Waals surface area (Å²) >= 11 is 0. The van der Waals surface area contributed by atoms with Gasteiger partial charge >= 0.3 is 5.97 Å². The third-order valence-corrected chi connectivity index (χ3v) is 3.89. The second kappa shape index (κ2) is 5.35. The van der Waals surface area contributed by atoms with Crippen LogP contribution in [0.4, 0.5) is 0 Å². The molecule has 0 radical (unpaired) electrons. The van der Waals surface area contributed by atoms with Crippen molar-refractivity contribution >= 4 is 16.1 Å². The molecule has 1 rings (SSSR count). The molecule has 0 atom stereocenters. The number of methoxy groups -OCH3 is 1. The molecule has 0 bridgehead atoms. The molecule has 0 aliphatic heterocycles. The van der Waals surface area contributed by atoms with Gasteiger partial charge in [-0.1, -0.05) is 6.92 Å². The van der Waals surface area contributed by atoms with Crippen molar-refractivity contribution in [3.05, 3.63) is 0 Å². The number of carbonyl (C=O) groups is 1. The van der Waals surface area contributed by atoms with E-state index in [4.69, 9.17) is 8.92 Å².